The number of nitrogens with two attached hydrogens (primary N) is 1. The van der Waals surface area contributed by atoms with Gasteiger partial charge in [-0.2, -0.15) is 0 Å². The number of carbonyl (C=O) groups is 1. The Morgan fingerprint density at radius 2 is 1.62 bits per heavy atom. The Hall–Kier alpha value is -2.44. The van der Waals surface area contributed by atoms with Gasteiger partial charge < -0.3 is 20.1 Å². The zero-order valence-corrected chi connectivity index (χ0v) is 20.9. The summed E-state index contributed by atoms with van der Waals surface area (Å²) in [5, 5.41) is 0.932. The molecule has 0 fully saturated rings. The van der Waals surface area contributed by atoms with Gasteiger partial charge in [-0.3, -0.25) is 4.79 Å². The normalized spacial score (nSPS) is 13.1. The van der Waals surface area contributed by atoms with Gasteiger partial charge in [0, 0.05) is 18.8 Å². The third-order valence-corrected chi connectivity index (χ3v) is 6.31. The fourth-order valence-corrected chi connectivity index (χ4v) is 4.50. The lowest BCUT2D eigenvalue weighted by molar-refractivity contribution is -0.122. The van der Waals surface area contributed by atoms with Gasteiger partial charge in [0.25, 0.3) is 0 Å². The van der Waals surface area contributed by atoms with Crippen molar-refractivity contribution in [1.29, 1.82) is 0 Å². The highest BCUT2D eigenvalue weighted by Gasteiger charge is 2.29. The van der Waals surface area contributed by atoms with Gasteiger partial charge in [0.1, 0.15) is 19.0 Å². The van der Waals surface area contributed by atoms with Crippen molar-refractivity contribution in [2.75, 3.05) is 31.2 Å². The molecule has 1 amide bonds. The molecule has 0 spiro atoms. The van der Waals surface area contributed by atoms with Crippen LogP contribution >= 0.6 is 35.6 Å². The molecule has 1 atom stereocenters. The molecule has 0 radical (unpaired) electrons. The van der Waals surface area contributed by atoms with Gasteiger partial charge in [0.2, 0.25) is 5.91 Å². The topological polar surface area (TPSA) is 64.8 Å². The van der Waals surface area contributed by atoms with Crippen molar-refractivity contribution in [2.24, 2.45) is 11.7 Å². The number of carbonyl (C=O) groups excluding carboxylic acids is 1. The van der Waals surface area contributed by atoms with Crippen LogP contribution in [0, 0.1) is 5.92 Å². The summed E-state index contributed by atoms with van der Waals surface area (Å²) in [5.41, 5.74) is 9.24. The molecule has 5 nitrogen and oxygen atoms in total. The highest BCUT2D eigenvalue weighted by Crippen LogP contribution is 2.32. The summed E-state index contributed by atoms with van der Waals surface area (Å²) in [6.07, 6.45) is 1.47. The summed E-state index contributed by atoms with van der Waals surface area (Å²) < 4.78 is 11.4. The number of benzene rings is 3. The maximum atomic E-state index is 13.1. The maximum absolute atomic E-state index is 13.1. The van der Waals surface area contributed by atoms with Crippen LogP contribution in [-0.4, -0.2) is 32.2 Å². The monoisotopic (exact) mass is 520 g/mol. The summed E-state index contributed by atoms with van der Waals surface area (Å²) >= 11 is 12.2. The largest absolute Gasteiger partial charge is 0.490 e. The fourth-order valence-electron chi connectivity index (χ4n) is 3.99. The van der Waals surface area contributed by atoms with Crippen LogP contribution in [-0.2, 0) is 17.6 Å². The fraction of sp³-hybridized carbons (Fsp3) is 0.269. The molecular formula is C26H27Cl3N2O3. The lowest BCUT2D eigenvalue weighted by Crippen LogP contribution is -2.39. The van der Waals surface area contributed by atoms with Crippen LogP contribution in [0.3, 0.4) is 0 Å². The van der Waals surface area contributed by atoms with Crippen LogP contribution in [0.5, 0.6) is 11.5 Å². The zero-order valence-electron chi connectivity index (χ0n) is 18.6. The standard InChI is InChI=1S/C26H26Cl2N2O3.ClH/c27-22-5-3-6-23(28)25(22)33-15-14-32-21-10-8-18(9-11-21)16-20(17-29)26(31)30-13-12-19-4-1-2-7-24(19)30;/h1-11,20H,12-17,29H2;1H. The number of hydrogen-bond acceptors (Lipinski definition) is 4. The quantitative estimate of drug-likeness (QED) is 0.373. The van der Waals surface area contributed by atoms with Crippen LogP contribution < -0.4 is 20.1 Å². The Kier molecular flexibility index (Phi) is 9.48. The van der Waals surface area contributed by atoms with E-state index in [9.17, 15) is 4.79 Å². The number of fused-ring (bicyclic) bond motifs is 1. The summed E-state index contributed by atoms with van der Waals surface area (Å²) in [6.45, 7) is 1.67. The molecule has 0 saturated carbocycles. The Morgan fingerprint density at radius 1 is 0.941 bits per heavy atom. The molecule has 3 aromatic rings. The third kappa shape index (κ3) is 6.16. The molecule has 0 saturated heterocycles. The molecule has 34 heavy (non-hydrogen) atoms. The predicted octanol–water partition coefficient (Wildman–Crippen LogP) is 5.58. The summed E-state index contributed by atoms with van der Waals surface area (Å²) in [6, 6.07) is 21.0. The first-order chi connectivity index (χ1) is 16.1. The first-order valence-corrected chi connectivity index (χ1v) is 11.7. The van der Waals surface area contributed by atoms with Crippen molar-refractivity contribution in [3.8, 4) is 11.5 Å². The van der Waals surface area contributed by atoms with E-state index in [1.165, 1.54) is 5.56 Å². The first kappa shape index (κ1) is 26.2. The lowest BCUT2D eigenvalue weighted by atomic mass is 9.97. The smallest absolute Gasteiger partial charge is 0.231 e. The number of ether oxygens (including phenoxy) is 2. The van der Waals surface area contributed by atoms with Crippen LogP contribution in [0.25, 0.3) is 0 Å². The molecule has 0 bridgehead atoms. The number of para-hydroxylation sites is 2. The summed E-state index contributed by atoms with van der Waals surface area (Å²) in [7, 11) is 0. The van der Waals surface area contributed by atoms with Crippen LogP contribution in [0.15, 0.2) is 66.7 Å². The summed E-state index contributed by atoms with van der Waals surface area (Å²) in [4.78, 5) is 15.0. The number of nitrogens with zero attached hydrogens (tertiary/aromatic N) is 1. The molecule has 0 aliphatic carbocycles. The minimum atomic E-state index is -0.267. The van der Waals surface area contributed by atoms with Gasteiger partial charge in [-0.1, -0.05) is 59.6 Å². The Labute approximate surface area is 216 Å². The SMILES string of the molecule is Cl.NCC(Cc1ccc(OCCOc2c(Cl)cccc2Cl)cc1)C(=O)N1CCc2ccccc21. The highest BCUT2D eigenvalue weighted by atomic mass is 35.5. The second-order valence-electron chi connectivity index (χ2n) is 7.90. The van der Waals surface area contributed by atoms with Crippen molar-refractivity contribution >= 4 is 47.2 Å². The number of hydrogen-bond donors (Lipinski definition) is 1. The van der Waals surface area contributed by atoms with Crippen molar-refractivity contribution in [2.45, 2.75) is 12.8 Å². The van der Waals surface area contributed by atoms with Gasteiger partial charge in [0.05, 0.1) is 16.0 Å². The minimum Gasteiger partial charge on any atom is -0.490 e. The highest BCUT2D eigenvalue weighted by molar-refractivity contribution is 6.37. The number of anilines is 1. The van der Waals surface area contributed by atoms with E-state index in [0.29, 0.717) is 48.5 Å². The average Bonchev–Trinajstić information content (AvgIpc) is 3.26. The molecular weight excluding hydrogens is 495 g/mol. The molecule has 2 N–H and O–H groups in total. The van der Waals surface area contributed by atoms with E-state index in [-0.39, 0.29) is 24.2 Å². The molecule has 4 rings (SSSR count). The molecule has 0 aromatic heterocycles. The van der Waals surface area contributed by atoms with E-state index in [1.807, 2.05) is 47.4 Å². The molecule has 1 aliphatic heterocycles. The van der Waals surface area contributed by atoms with Crippen molar-refractivity contribution in [3.05, 3.63) is 87.9 Å². The van der Waals surface area contributed by atoms with E-state index in [2.05, 4.69) is 6.07 Å². The van der Waals surface area contributed by atoms with Crippen LogP contribution in [0.1, 0.15) is 11.1 Å². The molecule has 1 unspecified atom stereocenters. The van der Waals surface area contributed by atoms with Gasteiger partial charge in [-0.15, -0.1) is 12.4 Å². The van der Waals surface area contributed by atoms with Crippen LogP contribution in [0.4, 0.5) is 5.69 Å². The van der Waals surface area contributed by atoms with Crippen LogP contribution in [0.2, 0.25) is 10.0 Å². The van der Waals surface area contributed by atoms with E-state index >= 15 is 0 Å². The van der Waals surface area contributed by atoms with Gasteiger partial charge in [-0.25, -0.2) is 0 Å². The average molecular weight is 522 g/mol. The summed E-state index contributed by atoms with van der Waals surface area (Å²) in [5.74, 6) is 0.990. The molecule has 180 valence electrons. The van der Waals surface area contributed by atoms with Crippen molar-refractivity contribution in [1.82, 2.24) is 0 Å². The second-order valence-corrected chi connectivity index (χ2v) is 8.71. The predicted molar refractivity (Wildman–Crippen MR) is 140 cm³/mol. The molecule has 3 aromatic carbocycles. The zero-order chi connectivity index (χ0) is 23.2. The van der Waals surface area contributed by atoms with Gasteiger partial charge >= 0.3 is 0 Å². The van der Waals surface area contributed by atoms with Gasteiger partial charge in [-0.05, 0) is 54.3 Å². The Balaban J connectivity index is 0.00000324. The second kappa shape index (κ2) is 12.3. The number of amides is 1. The minimum absolute atomic E-state index is 0. The van der Waals surface area contributed by atoms with Crippen molar-refractivity contribution in [3.63, 3.8) is 0 Å². The van der Waals surface area contributed by atoms with Gasteiger partial charge in [0.15, 0.2) is 5.75 Å². The Bertz CT molecular complexity index is 1090. The third-order valence-electron chi connectivity index (χ3n) is 5.71. The van der Waals surface area contributed by atoms with E-state index < -0.39 is 0 Å². The van der Waals surface area contributed by atoms with Crippen molar-refractivity contribution < 1.29 is 14.3 Å². The molecule has 8 heteroatoms. The number of halogens is 3. The first-order valence-electron chi connectivity index (χ1n) is 10.9. The Morgan fingerprint density at radius 3 is 2.32 bits per heavy atom. The van der Waals surface area contributed by atoms with E-state index in [0.717, 1.165) is 23.4 Å². The maximum Gasteiger partial charge on any atom is 0.231 e. The van der Waals surface area contributed by atoms with E-state index in [4.69, 9.17) is 38.4 Å². The van der Waals surface area contributed by atoms with E-state index in [1.54, 1.807) is 18.2 Å². The molecule has 1 heterocycles. The number of rotatable bonds is 9. The lowest BCUT2D eigenvalue weighted by Gasteiger charge is -2.23. The molecule has 1 aliphatic rings.